The molecule has 0 bridgehead atoms. The van der Waals surface area contributed by atoms with Crippen LogP contribution in [-0.2, 0) is 20.0 Å². The van der Waals surface area contributed by atoms with E-state index in [0.717, 1.165) is 19.3 Å². The third kappa shape index (κ3) is 6.09. The third-order valence-corrected chi connectivity index (χ3v) is 9.09. The van der Waals surface area contributed by atoms with E-state index in [4.69, 9.17) is 9.47 Å². The fourth-order valence-electron chi connectivity index (χ4n) is 3.20. The number of rotatable bonds is 9. The van der Waals surface area contributed by atoms with Gasteiger partial charge in [0.2, 0.25) is 20.0 Å². The Kier molecular flexibility index (Phi) is 8.19. The van der Waals surface area contributed by atoms with E-state index in [1.54, 1.807) is 18.2 Å². The van der Waals surface area contributed by atoms with Crippen LogP contribution in [0.15, 0.2) is 52.3 Å². The average molecular weight is 580 g/mol. The Morgan fingerprint density at radius 2 is 1.61 bits per heavy atom. The number of hydrogen-bond acceptors (Lipinski definition) is 6. The Balaban J connectivity index is 1.53. The molecule has 0 saturated carbocycles. The van der Waals surface area contributed by atoms with Crippen molar-refractivity contribution in [1.29, 1.82) is 0 Å². The summed E-state index contributed by atoms with van der Waals surface area (Å²) >= 11 is 2.01. The van der Waals surface area contributed by atoms with Crippen LogP contribution in [0.25, 0.3) is 0 Å². The summed E-state index contributed by atoms with van der Waals surface area (Å²) in [5.74, 6) is 1.07. The smallest absolute Gasteiger partial charge is 0.243 e. The topological polar surface area (TPSA) is 102 Å². The number of ether oxygens (including phenoxy) is 2. The zero-order valence-electron chi connectivity index (χ0n) is 17.1. The number of methoxy groups -OCH3 is 1. The molecule has 8 nitrogen and oxygen atoms in total. The molecule has 1 saturated heterocycles. The zero-order chi connectivity index (χ0) is 22.5. The van der Waals surface area contributed by atoms with E-state index in [9.17, 15) is 16.8 Å². The number of nitrogens with one attached hydrogen (secondary N) is 1. The van der Waals surface area contributed by atoms with Gasteiger partial charge in [-0.15, -0.1) is 0 Å². The summed E-state index contributed by atoms with van der Waals surface area (Å²) in [5.41, 5.74) is 0. The van der Waals surface area contributed by atoms with Crippen LogP contribution in [0.4, 0.5) is 0 Å². The van der Waals surface area contributed by atoms with Crippen LogP contribution in [0.5, 0.6) is 11.5 Å². The molecular formula is C20H25IN2O6S2. The largest absolute Gasteiger partial charge is 0.496 e. The minimum Gasteiger partial charge on any atom is -0.496 e. The number of hydrogen-bond donors (Lipinski definition) is 1. The molecule has 170 valence electrons. The van der Waals surface area contributed by atoms with Crippen LogP contribution in [0.3, 0.4) is 0 Å². The highest BCUT2D eigenvalue weighted by Gasteiger charge is 2.25. The summed E-state index contributed by atoms with van der Waals surface area (Å²) in [6.07, 6.45) is 2.82. The summed E-state index contributed by atoms with van der Waals surface area (Å²) in [7, 11) is -5.64. The normalized spacial score (nSPS) is 15.5. The van der Waals surface area contributed by atoms with Crippen molar-refractivity contribution >= 4 is 42.6 Å². The zero-order valence-corrected chi connectivity index (χ0v) is 20.9. The van der Waals surface area contributed by atoms with E-state index in [2.05, 4.69) is 4.72 Å². The first-order valence-corrected chi connectivity index (χ1v) is 13.8. The summed E-state index contributed by atoms with van der Waals surface area (Å²) < 4.78 is 65.6. The van der Waals surface area contributed by atoms with Gasteiger partial charge in [0.05, 0.1) is 20.5 Å². The number of halogens is 1. The molecule has 0 spiro atoms. The Morgan fingerprint density at radius 1 is 0.968 bits per heavy atom. The summed E-state index contributed by atoms with van der Waals surface area (Å²) in [4.78, 5) is 0.376. The van der Waals surface area contributed by atoms with Crippen LogP contribution in [0.1, 0.15) is 19.3 Å². The van der Waals surface area contributed by atoms with Crippen LogP contribution in [0, 0.1) is 3.57 Å². The van der Waals surface area contributed by atoms with Crippen molar-refractivity contribution in [1.82, 2.24) is 9.03 Å². The Bertz CT molecular complexity index is 1100. The van der Waals surface area contributed by atoms with Gasteiger partial charge in [0.25, 0.3) is 0 Å². The quantitative estimate of drug-likeness (QED) is 0.362. The molecule has 1 aliphatic heterocycles. The minimum atomic E-state index is -3.68. The van der Waals surface area contributed by atoms with E-state index in [0.29, 0.717) is 28.2 Å². The maximum atomic E-state index is 12.7. The third-order valence-electron chi connectivity index (χ3n) is 4.87. The lowest BCUT2D eigenvalue weighted by Gasteiger charge is -2.25. The molecule has 1 aliphatic rings. The molecule has 2 aromatic rings. The van der Waals surface area contributed by atoms with Crippen LogP contribution < -0.4 is 14.2 Å². The van der Waals surface area contributed by atoms with Crippen molar-refractivity contribution in [2.24, 2.45) is 0 Å². The number of nitrogens with zero attached hydrogens (tertiary/aromatic N) is 1. The molecule has 2 aromatic carbocycles. The van der Waals surface area contributed by atoms with Crippen molar-refractivity contribution in [3.05, 3.63) is 46.0 Å². The van der Waals surface area contributed by atoms with E-state index in [-0.39, 0.29) is 22.9 Å². The van der Waals surface area contributed by atoms with Gasteiger partial charge in [-0.2, -0.15) is 4.31 Å². The molecular weight excluding hydrogens is 555 g/mol. The molecule has 31 heavy (non-hydrogen) atoms. The van der Waals surface area contributed by atoms with Crippen molar-refractivity contribution in [3.8, 4) is 11.5 Å². The van der Waals surface area contributed by atoms with Crippen LogP contribution >= 0.6 is 22.6 Å². The van der Waals surface area contributed by atoms with E-state index >= 15 is 0 Å². The van der Waals surface area contributed by atoms with Gasteiger partial charge in [-0.25, -0.2) is 21.6 Å². The first-order chi connectivity index (χ1) is 14.7. The Labute approximate surface area is 197 Å². The first kappa shape index (κ1) is 24.2. The van der Waals surface area contributed by atoms with Crippen molar-refractivity contribution in [2.75, 3.05) is 33.4 Å². The van der Waals surface area contributed by atoms with Gasteiger partial charge in [0, 0.05) is 19.6 Å². The molecule has 0 aromatic heterocycles. The summed E-state index contributed by atoms with van der Waals surface area (Å²) in [6, 6.07) is 10.8. The predicted molar refractivity (Wildman–Crippen MR) is 125 cm³/mol. The minimum absolute atomic E-state index is 0.0682. The second kappa shape index (κ2) is 10.5. The second-order valence-electron chi connectivity index (χ2n) is 6.98. The Hall–Kier alpha value is -1.41. The first-order valence-electron chi connectivity index (χ1n) is 9.80. The fraction of sp³-hybridized carbons (Fsp3) is 0.400. The fourth-order valence-corrected chi connectivity index (χ4v) is 6.71. The lowest BCUT2D eigenvalue weighted by molar-refractivity contribution is 0.322. The number of benzene rings is 2. The molecule has 0 unspecified atom stereocenters. The molecule has 0 aliphatic carbocycles. The Morgan fingerprint density at radius 3 is 2.23 bits per heavy atom. The standard InChI is InChI=1S/C20H25IN2O6S2/c1-28-20-10-9-18(15-19(20)21)30(24,25)22-11-14-29-16-5-7-17(8-6-16)31(26,27)23-12-3-2-4-13-23/h5-10,15,22H,2-4,11-14H2,1H3. The maximum absolute atomic E-state index is 12.7. The molecule has 0 amide bonds. The predicted octanol–water partition coefficient (Wildman–Crippen LogP) is 2.83. The van der Waals surface area contributed by atoms with E-state index < -0.39 is 20.0 Å². The highest BCUT2D eigenvalue weighted by molar-refractivity contribution is 14.1. The summed E-state index contributed by atoms with van der Waals surface area (Å²) in [5, 5.41) is 0. The highest BCUT2D eigenvalue weighted by Crippen LogP contribution is 2.24. The van der Waals surface area contributed by atoms with Crippen molar-refractivity contribution in [3.63, 3.8) is 0 Å². The monoisotopic (exact) mass is 580 g/mol. The molecule has 1 N–H and O–H groups in total. The van der Waals surface area contributed by atoms with E-state index in [1.165, 1.54) is 35.7 Å². The average Bonchev–Trinajstić information content (AvgIpc) is 2.77. The van der Waals surface area contributed by atoms with Gasteiger partial charge in [-0.1, -0.05) is 6.42 Å². The van der Waals surface area contributed by atoms with Gasteiger partial charge in [-0.3, -0.25) is 0 Å². The lowest BCUT2D eigenvalue weighted by atomic mass is 10.2. The summed E-state index contributed by atoms with van der Waals surface area (Å²) in [6.45, 7) is 1.27. The molecule has 1 heterocycles. The molecule has 0 atom stereocenters. The molecule has 11 heteroatoms. The second-order valence-corrected chi connectivity index (χ2v) is 11.8. The van der Waals surface area contributed by atoms with Crippen LogP contribution in [0.2, 0.25) is 0 Å². The van der Waals surface area contributed by atoms with Crippen LogP contribution in [-0.4, -0.2) is 54.5 Å². The molecule has 3 rings (SSSR count). The lowest BCUT2D eigenvalue weighted by Crippen LogP contribution is -2.35. The van der Waals surface area contributed by atoms with Gasteiger partial charge < -0.3 is 9.47 Å². The van der Waals surface area contributed by atoms with E-state index in [1.807, 2.05) is 22.6 Å². The van der Waals surface area contributed by atoms with Gasteiger partial charge in [0.15, 0.2) is 0 Å². The van der Waals surface area contributed by atoms with Gasteiger partial charge >= 0.3 is 0 Å². The number of piperidine rings is 1. The molecule has 0 radical (unpaired) electrons. The van der Waals surface area contributed by atoms with Gasteiger partial charge in [-0.05, 0) is 77.9 Å². The van der Waals surface area contributed by atoms with Crippen molar-refractivity contribution < 1.29 is 26.3 Å². The number of sulfonamides is 2. The highest BCUT2D eigenvalue weighted by atomic mass is 127. The van der Waals surface area contributed by atoms with Gasteiger partial charge in [0.1, 0.15) is 18.1 Å². The maximum Gasteiger partial charge on any atom is 0.243 e. The molecule has 1 fully saturated rings. The SMILES string of the molecule is COc1ccc(S(=O)(=O)NCCOc2ccc(S(=O)(=O)N3CCCCC3)cc2)cc1I. The van der Waals surface area contributed by atoms with Crippen molar-refractivity contribution in [2.45, 2.75) is 29.1 Å².